The Bertz CT molecular complexity index is 1240. The van der Waals surface area contributed by atoms with Crippen LogP contribution in [0.3, 0.4) is 0 Å². The van der Waals surface area contributed by atoms with E-state index >= 15 is 0 Å². The van der Waals surface area contributed by atoms with Crippen molar-refractivity contribution in [1.29, 1.82) is 0 Å². The molecule has 0 aliphatic heterocycles. The first-order chi connectivity index (χ1) is 26.7. The van der Waals surface area contributed by atoms with E-state index in [0.717, 1.165) is 103 Å². The fourth-order valence-corrected chi connectivity index (χ4v) is 5.54. The summed E-state index contributed by atoms with van der Waals surface area (Å²) in [5.41, 5.74) is 5.34. The molecule has 0 saturated heterocycles. The number of nitrogens with two attached hydrogens (primary N) is 1. The van der Waals surface area contributed by atoms with Crippen LogP contribution in [0.25, 0.3) is 0 Å². The van der Waals surface area contributed by atoms with E-state index in [1.807, 2.05) is 0 Å². The zero-order valence-electron chi connectivity index (χ0n) is 33.7. The monoisotopic (exact) mass is 789 g/mol. The predicted octanol–water partition coefficient (Wildman–Crippen LogP) is 11.0. The lowest BCUT2D eigenvalue weighted by Gasteiger charge is -2.20. The lowest BCUT2D eigenvalue weighted by atomic mass is 10.1. The van der Waals surface area contributed by atoms with Gasteiger partial charge in [-0.15, -0.1) is 0 Å². The molecule has 4 N–H and O–H groups in total. The van der Waals surface area contributed by atoms with Crippen LogP contribution < -0.4 is 5.73 Å². The van der Waals surface area contributed by atoms with Crippen LogP contribution in [0.2, 0.25) is 0 Å². The Kier molecular flexibility index (Phi) is 36.9. The van der Waals surface area contributed by atoms with Gasteiger partial charge in [0.25, 0.3) is 0 Å². The molecule has 0 spiro atoms. The molecule has 0 aliphatic rings. The first-order valence-electron chi connectivity index (χ1n) is 20.3. The molecule has 3 unspecified atom stereocenters. The second-order valence-corrected chi connectivity index (χ2v) is 14.4. The molecule has 0 fully saturated rings. The van der Waals surface area contributed by atoms with Gasteiger partial charge in [0, 0.05) is 13.0 Å². The molecule has 0 heterocycles. The number of allylic oxidation sites excluding steroid dienone is 16. The first-order valence-corrected chi connectivity index (χ1v) is 21.8. The number of unbranched alkanes of at least 4 members (excludes halogenated alkanes) is 7. The third kappa shape index (κ3) is 38.9. The van der Waals surface area contributed by atoms with Crippen molar-refractivity contribution in [3.8, 4) is 0 Å². The largest absolute Gasteiger partial charge is 0.480 e. The fourth-order valence-electron chi connectivity index (χ4n) is 4.76. The molecule has 0 radical (unpaired) electrons. The maximum Gasteiger partial charge on any atom is 0.472 e. The molecule has 0 aromatic heterocycles. The van der Waals surface area contributed by atoms with Crippen molar-refractivity contribution in [2.24, 2.45) is 5.73 Å². The first kappa shape index (κ1) is 51.9. The Labute approximate surface area is 332 Å². The number of carbonyl (C=O) groups excluding carboxylic acids is 1. The van der Waals surface area contributed by atoms with Gasteiger partial charge in [-0.3, -0.25) is 18.6 Å². The third-order valence-corrected chi connectivity index (χ3v) is 8.81. The standard InChI is InChI=1S/C44H72NO9P/c1-3-5-7-9-11-13-15-17-19-20-21-23-25-27-29-31-33-35-37-51-38-41(39-52-55(49,50)53-40-42(45)44(47)48)54-43(46)36-34-32-30-28-26-24-22-18-16-14-12-10-8-6-4-2/h5-8,11-14,17-19,21-23,27,29,41-42H,3-4,9-10,15-16,20,24-26,28,30-40,45H2,1-2H3,(H,47,48)(H,49,50)/b7-5-,8-6-,13-11-,14-12-,19-17-,22-18-,23-21-,29-27-. The molecule has 0 aromatic carbocycles. The highest BCUT2D eigenvalue weighted by Gasteiger charge is 2.27. The van der Waals surface area contributed by atoms with Crippen molar-refractivity contribution in [3.63, 3.8) is 0 Å². The van der Waals surface area contributed by atoms with Gasteiger partial charge in [0.05, 0.1) is 19.8 Å². The molecule has 11 heteroatoms. The number of hydrogen-bond donors (Lipinski definition) is 3. The molecule has 3 atom stereocenters. The Morgan fingerprint density at radius 2 is 1.00 bits per heavy atom. The molecule has 55 heavy (non-hydrogen) atoms. The van der Waals surface area contributed by atoms with E-state index in [9.17, 15) is 19.0 Å². The highest BCUT2D eigenvalue weighted by molar-refractivity contribution is 7.47. The number of rotatable bonds is 37. The van der Waals surface area contributed by atoms with Crippen molar-refractivity contribution < 1.29 is 42.7 Å². The summed E-state index contributed by atoms with van der Waals surface area (Å²) in [7, 11) is -4.64. The summed E-state index contributed by atoms with van der Waals surface area (Å²) >= 11 is 0. The van der Waals surface area contributed by atoms with Crippen molar-refractivity contribution in [2.45, 2.75) is 142 Å². The van der Waals surface area contributed by atoms with Crippen LogP contribution in [0, 0.1) is 0 Å². The lowest BCUT2D eigenvalue weighted by Crippen LogP contribution is -2.34. The van der Waals surface area contributed by atoms with E-state index in [2.05, 4.69) is 111 Å². The van der Waals surface area contributed by atoms with Crippen LogP contribution in [0.4, 0.5) is 0 Å². The van der Waals surface area contributed by atoms with Crippen molar-refractivity contribution >= 4 is 19.8 Å². The number of carboxylic acids is 1. The molecule has 0 bridgehead atoms. The van der Waals surface area contributed by atoms with Gasteiger partial charge >= 0.3 is 19.8 Å². The van der Waals surface area contributed by atoms with Crippen molar-refractivity contribution in [1.82, 2.24) is 0 Å². The van der Waals surface area contributed by atoms with Gasteiger partial charge in [-0.1, -0.05) is 130 Å². The Hall–Kier alpha value is -3.11. The van der Waals surface area contributed by atoms with Crippen LogP contribution in [-0.4, -0.2) is 60.5 Å². The van der Waals surface area contributed by atoms with Crippen LogP contribution in [0.5, 0.6) is 0 Å². The number of carboxylic acid groups (broad SMARTS) is 1. The van der Waals surface area contributed by atoms with Gasteiger partial charge in [-0.25, -0.2) is 4.57 Å². The quantitative estimate of drug-likeness (QED) is 0.0240. The molecule has 10 nitrogen and oxygen atoms in total. The highest BCUT2D eigenvalue weighted by atomic mass is 31.2. The SMILES string of the molecule is CC/C=C\C/C=C\C/C=C\C/C=C\C/C=C\CCCCOCC(COP(=O)(O)OCC(N)C(=O)O)OC(=O)CCCCCCC/C=C\C/C=C\C/C=C\CC. The van der Waals surface area contributed by atoms with Gasteiger partial charge in [-0.05, 0) is 89.9 Å². The topological polar surface area (TPSA) is 155 Å². The zero-order chi connectivity index (χ0) is 40.5. The van der Waals surface area contributed by atoms with E-state index in [0.29, 0.717) is 13.0 Å². The summed E-state index contributed by atoms with van der Waals surface area (Å²) < 4.78 is 33.2. The lowest BCUT2D eigenvalue weighted by molar-refractivity contribution is -0.154. The number of aliphatic carboxylic acids is 1. The highest BCUT2D eigenvalue weighted by Crippen LogP contribution is 2.43. The molecular formula is C44H72NO9P. The average Bonchev–Trinajstić information content (AvgIpc) is 3.16. The predicted molar refractivity (Wildman–Crippen MR) is 226 cm³/mol. The Morgan fingerprint density at radius 3 is 1.49 bits per heavy atom. The number of phosphoric ester groups is 1. The van der Waals surface area contributed by atoms with Crippen LogP contribution in [0.15, 0.2) is 97.2 Å². The number of carbonyl (C=O) groups is 2. The molecule has 0 rings (SSSR count). The van der Waals surface area contributed by atoms with E-state index in [-0.39, 0.29) is 13.0 Å². The number of ether oxygens (including phenoxy) is 2. The maximum absolute atomic E-state index is 12.6. The minimum absolute atomic E-state index is 0.0265. The van der Waals surface area contributed by atoms with E-state index in [1.165, 1.54) is 0 Å². The average molecular weight is 790 g/mol. The number of phosphoric acid groups is 1. The molecule has 312 valence electrons. The van der Waals surface area contributed by atoms with Crippen LogP contribution in [0.1, 0.15) is 129 Å². The Morgan fingerprint density at radius 1 is 0.582 bits per heavy atom. The summed E-state index contributed by atoms with van der Waals surface area (Å²) in [5.74, 6) is -1.83. The van der Waals surface area contributed by atoms with E-state index < -0.39 is 45.1 Å². The molecule has 0 amide bonds. The van der Waals surface area contributed by atoms with Crippen LogP contribution in [-0.2, 0) is 32.7 Å². The molecule has 0 aliphatic carbocycles. The van der Waals surface area contributed by atoms with E-state index in [4.69, 9.17) is 29.4 Å². The number of hydrogen-bond acceptors (Lipinski definition) is 8. The van der Waals surface area contributed by atoms with Gasteiger partial charge in [0.1, 0.15) is 12.1 Å². The summed E-state index contributed by atoms with van der Waals surface area (Å²) in [6, 6.07) is -1.49. The van der Waals surface area contributed by atoms with E-state index in [1.54, 1.807) is 0 Å². The van der Waals surface area contributed by atoms with Gasteiger partial charge in [0.2, 0.25) is 0 Å². The second-order valence-electron chi connectivity index (χ2n) is 13.0. The summed E-state index contributed by atoms with van der Waals surface area (Å²) in [6.45, 7) is 3.49. The van der Waals surface area contributed by atoms with Gasteiger partial charge in [-0.2, -0.15) is 0 Å². The number of esters is 1. The minimum Gasteiger partial charge on any atom is -0.480 e. The normalized spacial score (nSPS) is 15.0. The smallest absolute Gasteiger partial charge is 0.472 e. The molecule has 0 saturated carbocycles. The maximum atomic E-state index is 12.6. The summed E-state index contributed by atoms with van der Waals surface area (Å²) in [6.07, 6.45) is 50.4. The minimum atomic E-state index is -4.64. The summed E-state index contributed by atoms with van der Waals surface area (Å²) in [4.78, 5) is 33.5. The van der Waals surface area contributed by atoms with Crippen molar-refractivity contribution in [2.75, 3.05) is 26.4 Å². The molecule has 0 aromatic rings. The fraction of sp³-hybridized carbons (Fsp3) is 0.591. The van der Waals surface area contributed by atoms with Gasteiger partial charge in [0.15, 0.2) is 0 Å². The van der Waals surface area contributed by atoms with Crippen LogP contribution >= 0.6 is 7.82 Å². The zero-order valence-corrected chi connectivity index (χ0v) is 34.6. The van der Waals surface area contributed by atoms with Crippen molar-refractivity contribution in [3.05, 3.63) is 97.2 Å². The second kappa shape index (κ2) is 39.1. The van der Waals surface area contributed by atoms with Gasteiger partial charge < -0.3 is 25.2 Å². The third-order valence-electron chi connectivity index (χ3n) is 7.86. The summed E-state index contributed by atoms with van der Waals surface area (Å²) in [5, 5.41) is 8.88. The molecular weight excluding hydrogens is 717 g/mol. The Balaban J connectivity index is 4.42.